The Morgan fingerprint density at radius 2 is 1.79 bits per heavy atom. The number of hydrogen-bond donors (Lipinski definition) is 1. The number of pyridine rings is 1. The van der Waals surface area contributed by atoms with Gasteiger partial charge in [-0.15, -0.1) is 0 Å². The first-order valence-corrected chi connectivity index (χ1v) is 10.7. The van der Waals surface area contributed by atoms with Crippen LogP contribution < -0.4 is 10.1 Å². The molecule has 7 nitrogen and oxygen atoms in total. The summed E-state index contributed by atoms with van der Waals surface area (Å²) in [6, 6.07) is 15.3. The van der Waals surface area contributed by atoms with Gasteiger partial charge >= 0.3 is 0 Å². The number of anilines is 2. The summed E-state index contributed by atoms with van der Waals surface area (Å²) in [5, 5.41) is 8.70. The van der Waals surface area contributed by atoms with E-state index in [1.807, 2.05) is 36.4 Å². The van der Waals surface area contributed by atoms with Crippen LogP contribution in [0.2, 0.25) is 0 Å². The topological polar surface area (TPSA) is 77.8 Å². The first-order valence-electron chi connectivity index (χ1n) is 10.7. The van der Waals surface area contributed by atoms with E-state index in [0.717, 1.165) is 16.6 Å². The van der Waals surface area contributed by atoms with Gasteiger partial charge in [-0.2, -0.15) is 5.10 Å². The Balaban J connectivity index is 1.53. The Labute approximate surface area is 194 Å². The molecule has 5 rings (SSSR count). The van der Waals surface area contributed by atoms with Gasteiger partial charge in [-0.25, -0.2) is 18.7 Å². The van der Waals surface area contributed by atoms with Crippen molar-refractivity contribution in [1.82, 2.24) is 24.7 Å². The van der Waals surface area contributed by atoms with E-state index >= 15 is 0 Å². The lowest BCUT2D eigenvalue weighted by Crippen LogP contribution is -2.07. The van der Waals surface area contributed by atoms with Crippen LogP contribution in [-0.2, 0) is 6.54 Å². The number of nitrogens with zero attached hydrogens (tertiary/aromatic N) is 5. The minimum absolute atomic E-state index is 0.0799. The van der Waals surface area contributed by atoms with Crippen molar-refractivity contribution in [1.29, 1.82) is 0 Å². The fourth-order valence-corrected chi connectivity index (χ4v) is 3.72. The van der Waals surface area contributed by atoms with Crippen molar-refractivity contribution >= 4 is 22.4 Å². The number of aromatic nitrogens is 5. The molecule has 0 spiro atoms. The van der Waals surface area contributed by atoms with Crippen molar-refractivity contribution in [2.24, 2.45) is 0 Å². The van der Waals surface area contributed by atoms with Crippen molar-refractivity contribution in [2.45, 2.75) is 13.5 Å². The van der Waals surface area contributed by atoms with Crippen LogP contribution in [0.5, 0.6) is 5.75 Å². The van der Waals surface area contributed by atoms with Crippen LogP contribution in [0.15, 0.2) is 73.3 Å². The molecule has 9 heteroatoms. The van der Waals surface area contributed by atoms with E-state index in [-0.39, 0.29) is 17.9 Å². The Morgan fingerprint density at radius 1 is 0.971 bits per heavy atom. The summed E-state index contributed by atoms with van der Waals surface area (Å²) in [5.41, 5.74) is 2.64. The summed E-state index contributed by atoms with van der Waals surface area (Å²) in [5.74, 6) is -0.564. The zero-order valence-electron chi connectivity index (χ0n) is 18.2. The number of hydrogen-bond acceptors (Lipinski definition) is 6. The van der Waals surface area contributed by atoms with E-state index in [0.29, 0.717) is 23.8 Å². The zero-order chi connectivity index (χ0) is 23.5. The maximum atomic E-state index is 14.7. The Hall–Kier alpha value is -4.40. The van der Waals surface area contributed by atoms with Crippen molar-refractivity contribution < 1.29 is 13.5 Å². The van der Waals surface area contributed by atoms with Crippen LogP contribution >= 0.6 is 0 Å². The van der Waals surface area contributed by atoms with Crippen molar-refractivity contribution in [3.63, 3.8) is 0 Å². The second-order valence-electron chi connectivity index (χ2n) is 7.47. The van der Waals surface area contributed by atoms with Crippen molar-refractivity contribution in [3.8, 4) is 17.1 Å². The third kappa shape index (κ3) is 4.27. The highest BCUT2D eigenvalue weighted by Crippen LogP contribution is 2.30. The van der Waals surface area contributed by atoms with Crippen molar-refractivity contribution in [2.75, 3.05) is 11.9 Å². The maximum Gasteiger partial charge on any atom is 0.134 e. The molecule has 0 unspecified atom stereocenters. The molecule has 0 aliphatic heterocycles. The average molecular weight is 458 g/mol. The molecular formula is C25H20F2N6O. The molecule has 0 fully saturated rings. The molecule has 0 atom stereocenters. The second kappa shape index (κ2) is 9.22. The van der Waals surface area contributed by atoms with Crippen LogP contribution in [0.1, 0.15) is 12.5 Å². The smallest absolute Gasteiger partial charge is 0.134 e. The zero-order valence-corrected chi connectivity index (χ0v) is 18.2. The average Bonchev–Trinajstić information content (AvgIpc) is 3.21. The van der Waals surface area contributed by atoms with Gasteiger partial charge < -0.3 is 10.1 Å². The number of benzene rings is 2. The van der Waals surface area contributed by atoms with Gasteiger partial charge in [0.25, 0.3) is 0 Å². The van der Waals surface area contributed by atoms with E-state index in [2.05, 4.69) is 25.4 Å². The molecule has 3 aromatic heterocycles. The van der Waals surface area contributed by atoms with Crippen LogP contribution in [-0.4, -0.2) is 31.3 Å². The summed E-state index contributed by atoms with van der Waals surface area (Å²) in [7, 11) is 0. The third-order valence-corrected chi connectivity index (χ3v) is 5.25. The summed E-state index contributed by atoms with van der Waals surface area (Å²) in [6.45, 7) is 2.00. The molecule has 0 radical (unpaired) electrons. The quantitative estimate of drug-likeness (QED) is 0.354. The van der Waals surface area contributed by atoms with Gasteiger partial charge in [-0.1, -0.05) is 18.2 Å². The highest BCUT2D eigenvalue weighted by molar-refractivity contribution is 5.93. The lowest BCUT2D eigenvalue weighted by Gasteiger charge is -2.10. The Morgan fingerprint density at radius 3 is 2.56 bits per heavy atom. The lowest BCUT2D eigenvalue weighted by atomic mass is 10.1. The lowest BCUT2D eigenvalue weighted by molar-refractivity contribution is 0.335. The van der Waals surface area contributed by atoms with Gasteiger partial charge in [0, 0.05) is 41.2 Å². The minimum Gasteiger partial charge on any atom is -0.494 e. The van der Waals surface area contributed by atoms with Crippen LogP contribution in [0.4, 0.5) is 20.3 Å². The van der Waals surface area contributed by atoms with E-state index < -0.39 is 11.6 Å². The molecule has 3 heterocycles. The monoisotopic (exact) mass is 458 g/mol. The van der Waals surface area contributed by atoms with Crippen LogP contribution in [0.3, 0.4) is 0 Å². The number of ether oxygens (including phenoxy) is 1. The SMILES string of the molecule is CCOc1cc(F)c(Cn2nc(-c3cc(Nc4ccncn4)ccn3)c3ccccc32)c(F)c1. The number of fused-ring (bicyclic) bond motifs is 1. The molecule has 0 amide bonds. The van der Waals surface area contributed by atoms with Crippen molar-refractivity contribution in [3.05, 3.63) is 90.5 Å². The first kappa shape index (κ1) is 21.4. The standard InChI is InChI=1S/C25H20F2N6O/c1-2-34-17-12-20(26)19(21(27)13-17)14-33-23-6-4-3-5-18(23)25(32-33)22-11-16(7-10-29-22)31-24-8-9-28-15-30-24/h3-13,15H,2,14H2,1H3,(H,28,29,30,31). The minimum atomic E-state index is -0.682. The van der Waals surface area contributed by atoms with Gasteiger partial charge in [0.2, 0.25) is 0 Å². The molecular weight excluding hydrogens is 438 g/mol. The van der Waals surface area contributed by atoms with E-state index in [9.17, 15) is 8.78 Å². The number of rotatable bonds is 7. The summed E-state index contributed by atoms with van der Waals surface area (Å²) in [4.78, 5) is 12.6. The second-order valence-corrected chi connectivity index (χ2v) is 7.47. The van der Waals surface area contributed by atoms with Crippen LogP contribution in [0, 0.1) is 11.6 Å². The molecule has 0 aliphatic rings. The van der Waals surface area contributed by atoms with Crippen LogP contribution in [0.25, 0.3) is 22.3 Å². The maximum absolute atomic E-state index is 14.7. The molecule has 2 aromatic carbocycles. The Kier molecular flexibility index (Phi) is 5.82. The van der Waals surface area contributed by atoms with Gasteiger partial charge in [0.15, 0.2) is 0 Å². The fraction of sp³-hybridized carbons (Fsp3) is 0.120. The molecule has 0 bridgehead atoms. The third-order valence-electron chi connectivity index (χ3n) is 5.25. The van der Waals surface area contributed by atoms with Gasteiger partial charge in [-0.05, 0) is 31.2 Å². The fourth-order valence-electron chi connectivity index (χ4n) is 3.72. The van der Waals surface area contributed by atoms with E-state index in [1.54, 1.807) is 30.1 Å². The van der Waals surface area contributed by atoms with Gasteiger partial charge in [0.05, 0.1) is 24.4 Å². The van der Waals surface area contributed by atoms with Gasteiger partial charge in [-0.3, -0.25) is 9.67 Å². The summed E-state index contributed by atoms with van der Waals surface area (Å²) >= 11 is 0. The first-order chi connectivity index (χ1) is 16.6. The molecule has 1 N–H and O–H groups in total. The van der Waals surface area contributed by atoms with E-state index in [4.69, 9.17) is 4.74 Å². The van der Waals surface area contributed by atoms with Gasteiger partial charge in [0.1, 0.15) is 35.2 Å². The number of para-hydroxylation sites is 1. The molecule has 0 saturated heterocycles. The molecule has 170 valence electrons. The molecule has 5 aromatic rings. The largest absolute Gasteiger partial charge is 0.494 e. The molecule has 34 heavy (non-hydrogen) atoms. The predicted molar refractivity (Wildman–Crippen MR) is 125 cm³/mol. The molecule has 0 saturated carbocycles. The highest BCUT2D eigenvalue weighted by atomic mass is 19.1. The number of halogens is 2. The summed E-state index contributed by atoms with van der Waals surface area (Å²) in [6.07, 6.45) is 4.77. The summed E-state index contributed by atoms with van der Waals surface area (Å²) < 4.78 is 36.3. The Bertz CT molecular complexity index is 1430. The highest BCUT2D eigenvalue weighted by Gasteiger charge is 2.18. The van der Waals surface area contributed by atoms with E-state index in [1.165, 1.54) is 18.5 Å². The molecule has 0 aliphatic carbocycles. The number of nitrogens with one attached hydrogen (secondary N) is 1. The normalized spacial score (nSPS) is 11.0. The predicted octanol–water partition coefficient (Wildman–Crippen LogP) is 5.36.